The molecule has 0 atom stereocenters. The van der Waals surface area contributed by atoms with E-state index in [9.17, 15) is 29.3 Å². The lowest BCUT2D eigenvalue weighted by atomic mass is 10.1. The van der Waals surface area contributed by atoms with E-state index in [1.807, 2.05) is 0 Å². The van der Waals surface area contributed by atoms with E-state index in [-0.39, 0.29) is 29.3 Å². The van der Waals surface area contributed by atoms with Gasteiger partial charge >= 0.3 is 0 Å². The Morgan fingerprint density at radius 1 is 0.938 bits per heavy atom. The standard InChI is InChI=1S/C21H19N5O6/c27-18(13-25-20(29)16-3-2-15(26(31)32)12-17(16)21(25)30)23-8-1-9-24(11-10-23)19(28)14-4-6-22-7-5-14/h2-7,12H,1,8-11,13H2. The number of benzene rings is 1. The molecule has 4 rings (SSSR count). The molecule has 2 aliphatic heterocycles. The highest BCUT2D eigenvalue weighted by molar-refractivity contribution is 6.22. The molecule has 0 unspecified atom stereocenters. The summed E-state index contributed by atoms with van der Waals surface area (Å²) in [5, 5.41) is 11.0. The number of carbonyl (C=O) groups is 4. The summed E-state index contributed by atoms with van der Waals surface area (Å²) in [4.78, 5) is 68.9. The van der Waals surface area contributed by atoms with Gasteiger partial charge in [0.25, 0.3) is 23.4 Å². The minimum atomic E-state index is -0.730. The first-order valence-corrected chi connectivity index (χ1v) is 9.98. The van der Waals surface area contributed by atoms with E-state index < -0.39 is 29.2 Å². The second-order valence-electron chi connectivity index (χ2n) is 7.45. The van der Waals surface area contributed by atoms with Crippen molar-refractivity contribution in [1.29, 1.82) is 0 Å². The van der Waals surface area contributed by atoms with Crippen molar-refractivity contribution in [2.45, 2.75) is 6.42 Å². The number of carbonyl (C=O) groups excluding carboxylic acids is 4. The van der Waals surface area contributed by atoms with Crippen molar-refractivity contribution in [2.24, 2.45) is 0 Å². The Kier molecular flexibility index (Phi) is 5.63. The molecule has 4 amide bonds. The van der Waals surface area contributed by atoms with Crippen molar-refractivity contribution in [1.82, 2.24) is 19.7 Å². The average molecular weight is 437 g/mol. The van der Waals surface area contributed by atoms with Gasteiger partial charge in [-0.1, -0.05) is 0 Å². The van der Waals surface area contributed by atoms with Crippen LogP contribution in [0.15, 0.2) is 42.7 Å². The Hall–Kier alpha value is -4.15. The van der Waals surface area contributed by atoms with Crippen LogP contribution >= 0.6 is 0 Å². The van der Waals surface area contributed by atoms with E-state index in [0.29, 0.717) is 31.6 Å². The molecular weight excluding hydrogens is 418 g/mol. The maximum atomic E-state index is 12.8. The molecule has 1 aromatic carbocycles. The number of imide groups is 1. The van der Waals surface area contributed by atoms with Gasteiger partial charge < -0.3 is 9.80 Å². The normalized spacial score (nSPS) is 16.1. The Morgan fingerprint density at radius 3 is 2.31 bits per heavy atom. The van der Waals surface area contributed by atoms with E-state index in [1.165, 1.54) is 23.4 Å². The predicted octanol–water partition coefficient (Wildman–Crippen LogP) is 0.961. The lowest BCUT2D eigenvalue weighted by Gasteiger charge is -2.24. The van der Waals surface area contributed by atoms with Crippen LogP contribution in [0.3, 0.4) is 0 Å². The van der Waals surface area contributed by atoms with Crippen LogP contribution in [0.4, 0.5) is 5.69 Å². The molecule has 2 aliphatic rings. The van der Waals surface area contributed by atoms with Crippen molar-refractivity contribution in [3.63, 3.8) is 0 Å². The third-order valence-corrected chi connectivity index (χ3v) is 5.52. The smallest absolute Gasteiger partial charge is 0.270 e. The molecule has 11 heteroatoms. The molecule has 1 aromatic heterocycles. The summed E-state index contributed by atoms with van der Waals surface area (Å²) in [6.07, 6.45) is 3.63. The van der Waals surface area contributed by atoms with Crippen LogP contribution < -0.4 is 0 Å². The van der Waals surface area contributed by atoms with Crippen LogP contribution in [0, 0.1) is 10.1 Å². The van der Waals surface area contributed by atoms with E-state index in [4.69, 9.17) is 0 Å². The first-order valence-electron chi connectivity index (χ1n) is 9.98. The Morgan fingerprint density at radius 2 is 1.59 bits per heavy atom. The summed E-state index contributed by atoms with van der Waals surface area (Å²) in [6.45, 7) is 0.985. The SMILES string of the molecule is O=C(CN1C(=O)c2ccc([N+](=O)[O-])cc2C1=O)N1CCCN(C(=O)c2ccncc2)CC1. The average Bonchev–Trinajstić information content (AvgIpc) is 2.97. The van der Waals surface area contributed by atoms with E-state index in [2.05, 4.69) is 4.98 Å². The van der Waals surface area contributed by atoms with E-state index >= 15 is 0 Å². The monoisotopic (exact) mass is 437 g/mol. The summed E-state index contributed by atoms with van der Waals surface area (Å²) in [6, 6.07) is 6.69. The number of aromatic nitrogens is 1. The van der Waals surface area contributed by atoms with Crippen molar-refractivity contribution < 1.29 is 24.1 Å². The van der Waals surface area contributed by atoms with Crippen LogP contribution in [0.25, 0.3) is 0 Å². The fourth-order valence-corrected chi connectivity index (χ4v) is 3.82. The van der Waals surface area contributed by atoms with Gasteiger partial charge in [0.1, 0.15) is 6.54 Å². The van der Waals surface area contributed by atoms with Crippen LogP contribution in [0.5, 0.6) is 0 Å². The minimum absolute atomic E-state index is 0.0402. The zero-order chi connectivity index (χ0) is 22.8. The van der Waals surface area contributed by atoms with Crippen LogP contribution in [-0.4, -0.2) is 81.0 Å². The Balaban J connectivity index is 1.41. The first-order chi connectivity index (χ1) is 15.4. The molecule has 0 spiro atoms. The van der Waals surface area contributed by atoms with E-state index in [1.54, 1.807) is 17.0 Å². The van der Waals surface area contributed by atoms with Crippen molar-refractivity contribution in [3.8, 4) is 0 Å². The second-order valence-corrected chi connectivity index (χ2v) is 7.45. The molecule has 0 aliphatic carbocycles. The maximum Gasteiger partial charge on any atom is 0.270 e. The molecule has 0 bridgehead atoms. The predicted molar refractivity (Wildman–Crippen MR) is 110 cm³/mol. The topological polar surface area (TPSA) is 134 Å². The molecule has 1 fully saturated rings. The van der Waals surface area contributed by atoms with Gasteiger partial charge in [0.05, 0.1) is 16.1 Å². The number of hydrogen-bond acceptors (Lipinski definition) is 7. The summed E-state index contributed by atoms with van der Waals surface area (Å²) in [7, 11) is 0. The molecule has 164 valence electrons. The summed E-state index contributed by atoms with van der Waals surface area (Å²) in [5.74, 6) is -1.96. The fourth-order valence-electron chi connectivity index (χ4n) is 3.82. The largest absolute Gasteiger partial charge is 0.339 e. The van der Waals surface area contributed by atoms with Gasteiger partial charge in [0, 0.05) is 56.3 Å². The lowest BCUT2D eigenvalue weighted by Crippen LogP contribution is -2.44. The molecule has 0 N–H and O–H groups in total. The number of amides is 4. The lowest BCUT2D eigenvalue weighted by molar-refractivity contribution is -0.384. The number of pyridine rings is 1. The Bertz CT molecular complexity index is 1120. The summed E-state index contributed by atoms with van der Waals surface area (Å²) in [5.41, 5.74) is 0.171. The molecule has 2 aromatic rings. The van der Waals surface area contributed by atoms with E-state index in [0.717, 1.165) is 17.0 Å². The fraction of sp³-hybridized carbons (Fsp3) is 0.286. The number of non-ortho nitro benzene ring substituents is 1. The van der Waals surface area contributed by atoms with Gasteiger partial charge in [-0.25, -0.2) is 0 Å². The number of rotatable bonds is 4. The summed E-state index contributed by atoms with van der Waals surface area (Å²) < 4.78 is 0. The second kappa shape index (κ2) is 8.53. The number of nitrogens with zero attached hydrogens (tertiary/aromatic N) is 5. The van der Waals surface area contributed by atoms with Gasteiger partial charge in [-0.2, -0.15) is 0 Å². The van der Waals surface area contributed by atoms with Crippen molar-refractivity contribution >= 4 is 29.3 Å². The van der Waals surface area contributed by atoms with Crippen LogP contribution in [0.1, 0.15) is 37.5 Å². The van der Waals surface area contributed by atoms with Gasteiger partial charge in [-0.3, -0.25) is 39.2 Å². The quantitative estimate of drug-likeness (QED) is 0.395. The third-order valence-electron chi connectivity index (χ3n) is 5.52. The zero-order valence-corrected chi connectivity index (χ0v) is 17.0. The molecule has 32 heavy (non-hydrogen) atoms. The maximum absolute atomic E-state index is 12.8. The molecule has 0 radical (unpaired) electrons. The highest BCUT2D eigenvalue weighted by Crippen LogP contribution is 2.26. The van der Waals surface area contributed by atoms with Crippen LogP contribution in [0.2, 0.25) is 0 Å². The Labute approximate surface area is 182 Å². The van der Waals surface area contributed by atoms with Crippen molar-refractivity contribution in [2.75, 3.05) is 32.7 Å². The number of hydrogen-bond donors (Lipinski definition) is 0. The number of fused-ring (bicyclic) bond motifs is 1. The number of nitro groups is 1. The zero-order valence-electron chi connectivity index (χ0n) is 17.0. The molecule has 0 saturated carbocycles. The first kappa shape index (κ1) is 21.1. The molecule has 11 nitrogen and oxygen atoms in total. The van der Waals surface area contributed by atoms with Gasteiger partial charge in [-0.15, -0.1) is 0 Å². The molecule has 1 saturated heterocycles. The van der Waals surface area contributed by atoms with Gasteiger partial charge in [0.15, 0.2) is 0 Å². The number of nitro benzene ring substituents is 1. The summed E-state index contributed by atoms with van der Waals surface area (Å²) >= 11 is 0. The molecule has 3 heterocycles. The highest BCUT2D eigenvalue weighted by atomic mass is 16.6. The van der Waals surface area contributed by atoms with Gasteiger partial charge in [0.2, 0.25) is 5.91 Å². The third kappa shape index (κ3) is 3.92. The molecular formula is C21H19N5O6. The van der Waals surface area contributed by atoms with Crippen LogP contribution in [-0.2, 0) is 4.79 Å². The highest BCUT2D eigenvalue weighted by Gasteiger charge is 2.38. The van der Waals surface area contributed by atoms with Gasteiger partial charge in [-0.05, 0) is 24.6 Å². The van der Waals surface area contributed by atoms with Crippen molar-refractivity contribution in [3.05, 3.63) is 69.5 Å². The minimum Gasteiger partial charge on any atom is -0.339 e.